The summed E-state index contributed by atoms with van der Waals surface area (Å²) in [4.78, 5) is 2.56. The van der Waals surface area contributed by atoms with Gasteiger partial charge in [0.05, 0.1) is 0 Å². The third kappa shape index (κ3) is 2.22. The molecule has 1 fully saturated rings. The summed E-state index contributed by atoms with van der Waals surface area (Å²) >= 11 is 0. The molecule has 1 aromatic rings. The number of rotatable bonds is 3. The Morgan fingerprint density at radius 2 is 2.12 bits per heavy atom. The monoisotopic (exact) mass is 218 g/mol. The molecule has 0 amide bonds. The van der Waals surface area contributed by atoms with Gasteiger partial charge in [0.1, 0.15) is 0 Å². The molecule has 88 valence electrons. The van der Waals surface area contributed by atoms with E-state index >= 15 is 0 Å². The Hall–Kier alpha value is -1.02. The first-order valence-electron chi connectivity index (χ1n) is 6.41. The fourth-order valence-corrected chi connectivity index (χ4v) is 2.71. The highest BCUT2D eigenvalue weighted by Crippen LogP contribution is 2.28. The molecule has 2 heteroatoms. The van der Waals surface area contributed by atoms with E-state index in [9.17, 15) is 0 Å². The number of piperidine rings is 1. The summed E-state index contributed by atoms with van der Waals surface area (Å²) in [5, 5.41) is 0. The molecular weight excluding hydrogens is 196 g/mol. The minimum Gasteiger partial charge on any atom is -0.368 e. The van der Waals surface area contributed by atoms with Crippen LogP contribution in [0.4, 0.5) is 5.69 Å². The van der Waals surface area contributed by atoms with Gasteiger partial charge in [0.15, 0.2) is 0 Å². The molecule has 1 aromatic carbocycles. The molecule has 2 N–H and O–H groups in total. The van der Waals surface area contributed by atoms with Crippen LogP contribution in [0.25, 0.3) is 0 Å². The second-order valence-electron chi connectivity index (χ2n) is 4.58. The van der Waals surface area contributed by atoms with Crippen LogP contribution in [-0.2, 0) is 6.54 Å². The fraction of sp³-hybridized carbons (Fsp3) is 0.571. The van der Waals surface area contributed by atoms with Crippen molar-refractivity contribution in [2.45, 2.75) is 45.2 Å². The molecule has 2 rings (SSSR count). The van der Waals surface area contributed by atoms with Gasteiger partial charge in [-0.1, -0.05) is 25.1 Å². The van der Waals surface area contributed by atoms with Crippen molar-refractivity contribution in [3.63, 3.8) is 0 Å². The highest BCUT2D eigenvalue weighted by molar-refractivity contribution is 5.54. The Morgan fingerprint density at radius 1 is 1.31 bits per heavy atom. The molecule has 16 heavy (non-hydrogen) atoms. The van der Waals surface area contributed by atoms with Crippen LogP contribution < -0.4 is 10.6 Å². The zero-order valence-electron chi connectivity index (χ0n) is 10.2. The van der Waals surface area contributed by atoms with Crippen LogP contribution in [0.15, 0.2) is 24.3 Å². The number of anilines is 1. The highest BCUT2D eigenvalue weighted by atomic mass is 15.2. The van der Waals surface area contributed by atoms with Gasteiger partial charge in [0, 0.05) is 24.8 Å². The first-order chi connectivity index (χ1) is 7.86. The van der Waals surface area contributed by atoms with E-state index in [1.165, 1.54) is 43.5 Å². The normalized spacial score (nSPS) is 21.1. The van der Waals surface area contributed by atoms with E-state index in [4.69, 9.17) is 5.73 Å². The first kappa shape index (κ1) is 11.5. The Labute approximate surface area is 98.4 Å². The van der Waals surface area contributed by atoms with E-state index in [0.29, 0.717) is 12.6 Å². The highest BCUT2D eigenvalue weighted by Gasteiger charge is 2.22. The molecule has 0 saturated carbocycles. The maximum Gasteiger partial charge on any atom is 0.0414 e. The first-order valence-corrected chi connectivity index (χ1v) is 6.41. The topological polar surface area (TPSA) is 29.3 Å². The summed E-state index contributed by atoms with van der Waals surface area (Å²) in [6.45, 7) is 4.12. The van der Waals surface area contributed by atoms with Crippen LogP contribution >= 0.6 is 0 Å². The summed E-state index contributed by atoms with van der Waals surface area (Å²) in [7, 11) is 0. The van der Waals surface area contributed by atoms with Gasteiger partial charge in [-0.25, -0.2) is 0 Å². The maximum atomic E-state index is 5.82. The van der Waals surface area contributed by atoms with Crippen molar-refractivity contribution in [1.82, 2.24) is 0 Å². The minimum absolute atomic E-state index is 0.642. The van der Waals surface area contributed by atoms with Crippen molar-refractivity contribution in [3.8, 4) is 0 Å². The second-order valence-corrected chi connectivity index (χ2v) is 4.58. The van der Waals surface area contributed by atoms with Crippen LogP contribution in [-0.4, -0.2) is 12.6 Å². The molecule has 0 bridgehead atoms. The molecule has 1 atom stereocenters. The standard InChI is InChI=1S/C14H22N2/c1-2-13-8-5-6-10-16(13)14-9-4-3-7-12(14)11-15/h3-4,7,9,13H,2,5-6,8,10-11,15H2,1H3. The van der Waals surface area contributed by atoms with E-state index < -0.39 is 0 Å². The van der Waals surface area contributed by atoms with E-state index in [1.54, 1.807) is 0 Å². The largest absolute Gasteiger partial charge is 0.368 e. The Balaban J connectivity index is 2.26. The lowest BCUT2D eigenvalue weighted by Crippen LogP contribution is -2.39. The Kier molecular flexibility index (Phi) is 3.83. The van der Waals surface area contributed by atoms with Crippen LogP contribution in [0.2, 0.25) is 0 Å². The number of hydrogen-bond acceptors (Lipinski definition) is 2. The zero-order chi connectivity index (χ0) is 11.4. The molecule has 1 saturated heterocycles. The predicted molar refractivity (Wildman–Crippen MR) is 69.6 cm³/mol. The van der Waals surface area contributed by atoms with Crippen molar-refractivity contribution in [2.24, 2.45) is 5.73 Å². The van der Waals surface area contributed by atoms with Crippen molar-refractivity contribution < 1.29 is 0 Å². The van der Waals surface area contributed by atoms with Crippen LogP contribution in [0.1, 0.15) is 38.2 Å². The zero-order valence-corrected chi connectivity index (χ0v) is 10.2. The van der Waals surface area contributed by atoms with Gasteiger partial charge in [-0.3, -0.25) is 0 Å². The van der Waals surface area contributed by atoms with Crippen molar-refractivity contribution in [2.75, 3.05) is 11.4 Å². The van der Waals surface area contributed by atoms with Gasteiger partial charge < -0.3 is 10.6 Å². The summed E-state index contributed by atoms with van der Waals surface area (Å²) in [5.41, 5.74) is 8.46. The fourth-order valence-electron chi connectivity index (χ4n) is 2.71. The number of benzene rings is 1. The minimum atomic E-state index is 0.642. The molecule has 1 aliphatic heterocycles. The average Bonchev–Trinajstić information content (AvgIpc) is 2.38. The Morgan fingerprint density at radius 3 is 2.88 bits per heavy atom. The average molecular weight is 218 g/mol. The third-order valence-corrected chi connectivity index (χ3v) is 3.62. The lowest BCUT2D eigenvalue weighted by atomic mass is 9.98. The van der Waals surface area contributed by atoms with Gasteiger partial charge in [-0.15, -0.1) is 0 Å². The smallest absolute Gasteiger partial charge is 0.0414 e. The Bertz CT molecular complexity index is 335. The van der Waals surface area contributed by atoms with Crippen molar-refractivity contribution in [1.29, 1.82) is 0 Å². The van der Waals surface area contributed by atoms with Gasteiger partial charge in [-0.2, -0.15) is 0 Å². The van der Waals surface area contributed by atoms with E-state index in [-0.39, 0.29) is 0 Å². The molecule has 1 aliphatic rings. The van der Waals surface area contributed by atoms with Crippen molar-refractivity contribution in [3.05, 3.63) is 29.8 Å². The summed E-state index contributed by atoms with van der Waals surface area (Å²) in [6, 6.07) is 9.28. The number of nitrogens with zero attached hydrogens (tertiary/aromatic N) is 1. The van der Waals surface area contributed by atoms with Gasteiger partial charge in [-0.05, 0) is 37.3 Å². The van der Waals surface area contributed by atoms with Crippen molar-refractivity contribution >= 4 is 5.69 Å². The van der Waals surface area contributed by atoms with E-state index in [1.807, 2.05) is 0 Å². The lowest BCUT2D eigenvalue weighted by Gasteiger charge is -2.38. The summed E-state index contributed by atoms with van der Waals surface area (Å²) in [5.74, 6) is 0. The lowest BCUT2D eigenvalue weighted by molar-refractivity contribution is 0.449. The van der Waals surface area contributed by atoms with Gasteiger partial charge in [0.25, 0.3) is 0 Å². The van der Waals surface area contributed by atoms with Crippen LogP contribution in [0.3, 0.4) is 0 Å². The maximum absolute atomic E-state index is 5.82. The number of hydrogen-bond donors (Lipinski definition) is 1. The molecule has 0 aliphatic carbocycles. The molecule has 2 nitrogen and oxygen atoms in total. The van der Waals surface area contributed by atoms with Gasteiger partial charge >= 0.3 is 0 Å². The number of para-hydroxylation sites is 1. The predicted octanol–water partition coefficient (Wildman–Crippen LogP) is 2.91. The van der Waals surface area contributed by atoms with Crippen LogP contribution in [0, 0.1) is 0 Å². The summed E-state index contributed by atoms with van der Waals surface area (Å²) < 4.78 is 0. The SMILES string of the molecule is CCC1CCCCN1c1ccccc1CN. The quantitative estimate of drug-likeness (QED) is 0.845. The van der Waals surface area contributed by atoms with E-state index in [0.717, 1.165) is 0 Å². The molecular formula is C14H22N2. The van der Waals surface area contributed by atoms with Crippen LogP contribution in [0.5, 0.6) is 0 Å². The molecule has 1 heterocycles. The summed E-state index contributed by atoms with van der Waals surface area (Å²) in [6.07, 6.45) is 5.25. The van der Waals surface area contributed by atoms with E-state index in [2.05, 4.69) is 36.1 Å². The molecule has 0 spiro atoms. The van der Waals surface area contributed by atoms with Gasteiger partial charge in [0.2, 0.25) is 0 Å². The number of nitrogens with two attached hydrogens (primary N) is 1. The second kappa shape index (κ2) is 5.35. The molecule has 1 unspecified atom stereocenters. The molecule has 0 radical (unpaired) electrons. The third-order valence-electron chi connectivity index (χ3n) is 3.62. The molecule has 0 aromatic heterocycles.